The lowest BCUT2D eigenvalue weighted by atomic mass is 9.81. The zero-order chi connectivity index (χ0) is 29.7. The molecule has 3 unspecified atom stereocenters. The van der Waals surface area contributed by atoms with E-state index in [-0.39, 0.29) is 12.8 Å². The first-order valence-corrected chi connectivity index (χ1v) is 15.7. The molecule has 40 heavy (non-hydrogen) atoms. The van der Waals surface area contributed by atoms with E-state index in [4.69, 9.17) is 4.74 Å². The summed E-state index contributed by atoms with van der Waals surface area (Å²) in [6.45, 7) is 5.47. The van der Waals surface area contributed by atoms with Crippen LogP contribution in [-0.4, -0.2) is 66.3 Å². The van der Waals surface area contributed by atoms with E-state index in [9.17, 15) is 33.6 Å². The van der Waals surface area contributed by atoms with Crippen LogP contribution < -0.4 is 10.6 Å². The van der Waals surface area contributed by atoms with Crippen LogP contribution in [0, 0.1) is 0 Å². The third-order valence-corrected chi connectivity index (χ3v) is 11.5. The van der Waals surface area contributed by atoms with E-state index in [0.29, 0.717) is 27.1 Å². The molecule has 3 rings (SSSR count). The highest BCUT2D eigenvalue weighted by Crippen LogP contribution is 2.52. The van der Waals surface area contributed by atoms with Gasteiger partial charge in [0, 0.05) is 28.9 Å². The van der Waals surface area contributed by atoms with Crippen LogP contribution in [0.5, 0.6) is 0 Å². The summed E-state index contributed by atoms with van der Waals surface area (Å²) in [6.07, 6.45) is 5.77. The maximum Gasteiger partial charge on any atom is 0.326 e. The van der Waals surface area contributed by atoms with Crippen molar-refractivity contribution in [1.82, 2.24) is 15.6 Å². The van der Waals surface area contributed by atoms with Crippen molar-refractivity contribution in [3.8, 4) is 0 Å². The van der Waals surface area contributed by atoms with Crippen LogP contribution in [0.4, 0.5) is 0 Å². The molecule has 2 aliphatic heterocycles. The lowest BCUT2D eigenvalue weighted by Gasteiger charge is -2.35. The van der Waals surface area contributed by atoms with Gasteiger partial charge in [0.25, 0.3) is 5.12 Å². The van der Waals surface area contributed by atoms with E-state index in [1.165, 1.54) is 43.4 Å². The number of ether oxygens (including phenoxy) is 1. The normalized spacial score (nSPS) is 32.8. The van der Waals surface area contributed by atoms with Crippen LogP contribution in [0.2, 0.25) is 0 Å². The number of esters is 1. The summed E-state index contributed by atoms with van der Waals surface area (Å²) >= 11 is 1.31. The Bertz CT molecular complexity index is 1270. The third-order valence-electron chi connectivity index (χ3n) is 6.51. The number of hydrogen-bond donors (Lipinski definition) is 3. The molecule has 1 aromatic rings. The Morgan fingerprint density at radius 1 is 1.30 bits per heavy atom. The minimum absolute atomic E-state index is 0.0315. The lowest BCUT2D eigenvalue weighted by Crippen LogP contribution is -2.56. The van der Waals surface area contributed by atoms with Gasteiger partial charge in [-0.1, -0.05) is 17.7 Å². The quantitative estimate of drug-likeness (QED) is 0.199. The molecule has 0 radical (unpaired) electrons. The van der Waals surface area contributed by atoms with E-state index >= 15 is 0 Å². The summed E-state index contributed by atoms with van der Waals surface area (Å²) in [5, 5.41) is 18.0. The van der Waals surface area contributed by atoms with Gasteiger partial charge in [-0.15, -0.1) is 11.3 Å². The Kier molecular flexibility index (Phi) is 10.5. The number of hydrogen-bond acceptors (Lipinski definition) is 11. The van der Waals surface area contributed by atoms with Crippen molar-refractivity contribution < 1.29 is 38.4 Å². The fourth-order valence-electron chi connectivity index (χ4n) is 4.11. The Balaban J connectivity index is 1.99. The minimum Gasteiger partial charge on any atom is -0.604 e. The number of ketones is 1. The topological polar surface area (TPSA) is 175 Å². The number of thiazole rings is 1. The van der Waals surface area contributed by atoms with E-state index in [2.05, 4.69) is 15.6 Å². The third kappa shape index (κ3) is 7.49. The average Bonchev–Trinajstić information content (AvgIpc) is 3.40. The number of allylic oxidation sites excluding steroid dienone is 3. The Labute approximate surface area is 242 Å². The van der Waals surface area contributed by atoms with E-state index in [1.54, 1.807) is 31.4 Å². The summed E-state index contributed by atoms with van der Waals surface area (Å²) in [7, 11) is -1.44. The lowest BCUT2D eigenvalue weighted by molar-refractivity contribution is -0.150. The second-order valence-electron chi connectivity index (χ2n) is 9.70. The van der Waals surface area contributed by atoms with Crippen LogP contribution in [0.25, 0.3) is 6.08 Å². The molecule has 1 spiro atoms. The molecule has 1 aromatic heterocycles. The number of aromatic nitrogens is 1. The number of fused-ring (bicyclic) bond motifs is 2. The maximum atomic E-state index is 13.2. The molecule has 1 fully saturated rings. The molecule has 216 valence electrons. The van der Waals surface area contributed by atoms with E-state index in [1.807, 2.05) is 0 Å². The molecule has 5 atom stereocenters. The van der Waals surface area contributed by atoms with Gasteiger partial charge in [0.15, 0.2) is 33.0 Å². The first-order chi connectivity index (χ1) is 18.7. The van der Waals surface area contributed by atoms with Crippen molar-refractivity contribution in [3.05, 3.63) is 46.0 Å². The van der Waals surface area contributed by atoms with Gasteiger partial charge in [-0.2, -0.15) is 0 Å². The maximum absolute atomic E-state index is 13.2. The highest BCUT2D eigenvalue weighted by Gasteiger charge is 2.69. The number of carbonyl (C=O) groups excluding carboxylic acids is 5. The second-order valence-corrected chi connectivity index (χ2v) is 13.8. The summed E-state index contributed by atoms with van der Waals surface area (Å²) < 4.78 is 16.9. The van der Waals surface area contributed by atoms with Gasteiger partial charge in [0.05, 0.1) is 18.2 Å². The van der Waals surface area contributed by atoms with Gasteiger partial charge in [-0.25, -0.2) is 4.98 Å². The Hall–Kier alpha value is -2.78. The predicted octanol–water partition coefficient (Wildman–Crippen LogP) is 2.06. The zero-order valence-electron chi connectivity index (χ0n) is 22.4. The van der Waals surface area contributed by atoms with Crippen molar-refractivity contribution >= 4 is 67.1 Å². The SMILES string of the molecule is CC(=O)NCC(=O)OC1/C=C(\C)CC[C@]2(CC(=O)NC(C)c3nc(cs3)/C=C\C=C\C1=O)[S+]([O-])SC(=O)[C@]2(C)O. The van der Waals surface area contributed by atoms with Crippen molar-refractivity contribution in [2.24, 2.45) is 0 Å². The fraction of sp³-hybridized carbons (Fsp3) is 0.462. The van der Waals surface area contributed by atoms with E-state index in [0.717, 1.165) is 0 Å². The first-order valence-electron chi connectivity index (χ1n) is 12.4. The van der Waals surface area contributed by atoms with Crippen molar-refractivity contribution in [1.29, 1.82) is 0 Å². The molecule has 0 saturated carbocycles. The minimum atomic E-state index is -2.06. The van der Waals surface area contributed by atoms with E-state index < -0.39 is 74.3 Å². The smallest absolute Gasteiger partial charge is 0.326 e. The molecule has 2 bridgehead atoms. The monoisotopic (exact) mass is 609 g/mol. The molecular weight excluding hydrogens is 579 g/mol. The summed E-state index contributed by atoms with van der Waals surface area (Å²) in [4.78, 5) is 66.6. The van der Waals surface area contributed by atoms with Crippen LogP contribution in [-0.2, 0) is 38.9 Å². The highest BCUT2D eigenvalue weighted by molar-refractivity contribution is 8.79. The summed E-state index contributed by atoms with van der Waals surface area (Å²) in [5.74, 6) is -2.33. The fourth-order valence-corrected chi connectivity index (χ4v) is 8.85. The molecule has 3 N–H and O–H groups in total. The number of nitrogens with one attached hydrogen (secondary N) is 2. The molecule has 3 heterocycles. The highest BCUT2D eigenvalue weighted by atomic mass is 33.1. The number of amides is 2. The molecule has 1 saturated heterocycles. The van der Waals surface area contributed by atoms with Gasteiger partial charge in [0.2, 0.25) is 11.8 Å². The molecule has 0 aliphatic carbocycles. The van der Waals surface area contributed by atoms with Gasteiger partial charge in [-0.3, -0.25) is 24.0 Å². The van der Waals surface area contributed by atoms with Crippen LogP contribution in [0.15, 0.2) is 35.3 Å². The van der Waals surface area contributed by atoms with Gasteiger partial charge in [-0.05, 0) is 45.4 Å². The molecular formula is C26H31N3O8S3. The standard InChI is InChI=1S/C26H31N3O8S3/c1-15-9-10-26(25(4,35)24(34)39-40(26)36)12-21(32)28-16(2)23-29-18(14-38-23)7-5-6-8-19(31)20(11-15)37-22(33)13-27-17(3)30/h5-8,11,14,16,20,35H,9-10,12-13H2,1-4H3,(H,27,30)(H,28,32)/b7-5-,8-6+,15-11+/t16?,20?,25-,26+,40?/m0/s1. The van der Waals surface area contributed by atoms with Crippen molar-refractivity contribution in [2.45, 2.75) is 69.5 Å². The molecule has 14 heteroatoms. The van der Waals surface area contributed by atoms with Gasteiger partial charge >= 0.3 is 5.97 Å². The van der Waals surface area contributed by atoms with Crippen molar-refractivity contribution in [2.75, 3.05) is 6.54 Å². The summed E-state index contributed by atoms with van der Waals surface area (Å²) in [5.41, 5.74) is -0.937. The number of nitrogens with zero attached hydrogens (tertiary/aromatic N) is 1. The van der Waals surface area contributed by atoms with Crippen LogP contribution in [0.3, 0.4) is 0 Å². The average molecular weight is 610 g/mol. The molecule has 2 amide bonds. The number of carbonyl (C=O) groups is 5. The van der Waals surface area contributed by atoms with Crippen LogP contribution >= 0.6 is 22.1 Å². The Morgan fingerprint density at radius 2 is 2.00 bits per heavy atom. The van der Waals surface area contributed by atoms with Crippen molar-refractivity contribution in [3.63, 3.8) is 0 Å². The zero-order valence-corrected chi connectivity index (χ0v) is 24.9. The summed E-state index contributed by atoms with van der Waals surface area (Å²) in [6, 6.07) is -0.481. The first kappa shape index (κ1) is 31.7. The van der Waals surface area contributed by atoms with Gasteiger partial charge in [0.1, 0.15) is 11.6 Å². The second kappa shape index (κ2) is 13.3. The molecule has 2 aliphatic rings. The van der Waals surface area contributed by atoms with Crippen LogP contribution in [0.1, 0.15) is 63.7 Å². The number of aliphatic hydroxyl groups is 1. The molecule has 11 nitrogen and oxygen atoms in total. The van der Waals surface area contributed by atoms with Gasteiger partial charge < -0.3 is 25.0 Å². The predicted molar refractivity (Wildman–Crippen MR) is 152 cm³/mol. The number of rotatable bonds is 3. The Morgan fingerprint density at radius 3 is 2.65 bits per heavy atom. The largest absolute Gasteiger partial charge is 0.604 e. The molecule has 0 aromatic carbocycles.